The number of hydrogen-bond acceptors (Lipinski definition) is 2. The van der Waals surface area contributed by atoms with E-state index in [2.05, 4.69) is 0 Å². The summed E-state index contributed by atoms with van der Waals surface area (Å²) in [7, 11) is 0. The molecular weight excluding hydrogens is 236 g/mol. The minimum absolute atomic E-state index is 0.0128. The zero-order valence-electron chi connectivity index (χ0n) is 10.1. The van der Waals surface area contributed by atoms with Gasteiger partial charge in [-0.3, -0.25) is 0 Å². The third-order valence-corrected chi connectivity index (χ3v) is 2.62. The van der Waals surface area contributed by atoms with Crippen molar-refractivity contribution in [3.05, 3.63) is 53.1 Å². The number of ether oxygens (including phenoxy) is 1. The first-order valence-corrected chi connectivity index (χ1v) is 5.47. The quantitative estimate of drug-likeness (QED) is 0.818. The Labute approximate surface area is 104 Å². The van der Waals surface area contributed by atoms with Crippen molar-refractivity contribution in [1.82, 2.24) is 0 Å². The third kappa shape index (κ3) is 2.42. The molecule has 2 nitrogen and oxygen atoms in total. The molecule has 0 spiro atoms. The smallest absolute Gasteiger partial charge is 0.156 e. The van der Waals surface area contributed by atoms with Gasteiger partial charge in [0.1, 0.15) is 17.3 Å². The summed E-state index contributed by atoms with van der Waals surface area (Å²) in [6, 6.07) is 7.39. The number of rotatable bonds is 2. The van der Waals surface area contributed by atoms with Crippen LogP contribution in [0.15, 0.2) is 30.3 Å². The van der Waals surface area contributed by atoms with Crippen LogP contribution in [0.2, 0.25) is 0 Å². The molecule has 0 fully saturated rings. The molecule has 0 bridgehead atoms. The molecule has 0 radical (unpaired) electrons. The molecule has 2 rings (SSSR count). The molecule has 0 saturated carbocycles. The third-order valence-electron chi connectivity index (χ3n) is 2.62. The molecule has 0 aliphatic heterocycles. The topological polar surface area (TPSA) is 35.2 Å². The second-order valence-corrected chi connectivity index (χ2v) is 4.17. The SMILES string of the molecule is Cc1ccc(C)c(Oc2cc(F)cc(F)c2N)c1. The second-order valence-electron chi connectivity index (χ2n) is 4.17. The van der Waals surface area contributed by atoms with Crippen LogP contribution in [0.3, 0.4) is 0 Å². The van der Waals surface area contributed by atoms with Gasteiger partial charge in [-0.1, -0.05) is 12.1 Å². The molecule has 0 aromatic heterocycles. The van der Waals surface area contributed by atoms with Gasteiger partial charge >= 0.3 is 0 Å². The highest BCUT2D eigenvalue weighted by molar-refractivity contribution is 5.55. The number of halogens is 2. The lowest BCUT2D eigenvalue weighted by Gasteiger charge is -2.12. The molecule has 18 heavy (non-hydrogen) atoms. The van der Waals surface area contributed by atoms with Crippen LogP contribution in [0.1, 0.15) is 11.1 Å². The highest BCUT2D eigenvalue weighted by atomic mass is 19.1. The first kappa shape index (κ1) is 12.4. The number of nitrogens with two attached hydrogens (primary N) is 1. The molecule has 0 aliphatic carbocycles. The average molecular weight is 249 g/mol. The van der Waals surface area contributed by atoms with Gasteiger partial charge in [-0.2, -0.15) is 0 Å². The second kappa shape index (κ2) is 4.64. The van der Waals surface area contributed by atoms with Gasteiger partial charge in [0.25, 0.3) is 0 Å². The average Bonchev–Trinajstić information content (AvgIpc) is 2.30. The Morgan fingerprint density at radius 2 is 1.72 bits per heavy atom. The van der Waals surface area contributed by atoms with E-state index in [9.17, 15) is 8.78 Å². The summed E-state index contributed by atoms with van der Waals surface area (Å²) in [6.07, 6.45) is 0. The minimum Gasteiger partial charge on any atom is -0.455 e. The van der Waals surface area contributed by atoms with E-state index in [1.807, 2.05) is 26.0 Å². The first-order valence-electron chi connectivity index (χ1n) is 5.47. The van der Waals surface area contributed by atoms with Crippen LogP contribution in [0.5, 0.6) is 11.5 Å². The standard InChI is InChI=1S/C14H13F2NO/c1-8-3-4-9(2)12(5-8)18-13-7-10(15)6-11(16)14(13)17/h3-7H,17H2,1-2H3. The highest BCUT2D eigenvalue weighted by Crippen LogP contribution is 2.32. The first-order chi connectivity index (χ1) is 8.47. The van der Waals surface area contributed by atoms with Gasteiger partial charge in [0.2, 0.25) is 0 Å². The van der Waals surface area contributed by atoms with E-state index in [4.69, 9.17) is 10.5 Å². The number of nitrogen functional groups attached to an aromatic ring is 1. The summed E-state index contributed by atoms with van der Waals surface area (Å²) in [4.78, 5) is 0. The van der Waals surface area contributed by atoms with Crippen molar-refractivity contribution in [2.24, 2.45) is 0 Å². The lowest BCUT2D eigenvalue weighted by Crippen LogP contribution is -1.98. The van der Waals surface area contributed by atoms with E-state index in [1.165, 1.54) is 0 Å². The summed E-state index contributed by atoms with van der Waals surface area (Å²) in [5.41, 5.74) is 7.18. The van der Waals surface area contributed by atoms with E-state index in [0.29, 0.717) is 5.75 Å². The van der Waals surface area contributed by atoms with E-state index in [-0.39, 0.29) is 11.4 Å². The van der Waals surface area contributed by atoms with Crippen molar-refractivity contribution in [2.75, 3.05) is 5.73 Å². The van der Waals surface area contributed by atoms with Crippen LogP contribution in [-0.2, 0) is 0 Å². The maximum Gasteiger partial charge on any atom is 0.156 e. The Morgan fingerprint density at radius 1 is 1.00 bits per heavy atom. The molecule has 0 amide bonds. The predicted molar refractivity (Wildman–Crippen MR) is 66.8 cm³/mol. The molecular formula is C14H13F2NO. The molecule has 2 N–H and O–H groups in total. The van der Waals surface area contributed by atoms with Gasteiger partial charge in [-0.25, -0.2) is 8.78 Å². The van der Waals surface area contributed by atoms with Gasteiger partial charge in [0.15, 0.2) is 11.6 Å². The summed E-state index contributed by atoms with van der Waals surface area (Å²) >= 11 is 0. The zero-order chi connectivity index (χ0) is 13.3. The molecule has 0 aliphatic rings. The van der Waals surface area contributed by atoms with E-state index in [1.54, 1.807) is 6.07 Å². The van der Waals surface area contributed by atoms with Crippen molar-refractivity contribution in [2.45, 2.75) is 13.8 Å². The summed E-state index contributed by atoms with van der Waals surface area (Å²) in [5, 5.41) is 0. The fourth-order valence-electron chi connectivity index (χ4n) is 1.58. The van der Waals surface area contributed by atoms with E-state index in [0.717, 1.165) is 23.3 Å². The van der Waals surface area contributed by atoms with Gasteiger partial charge in [0.05, 0.1) is 0 Å². The Hall–Kier alpha value is -2.10. The lowest BCUT2D eigenvalue weighted by molar-refractivity contribution is 0.468. The van der Waals surface area contributed by atoms with Crippen molar-refractivity contribution in [3.8, 4) is 11.5 Å². The van der Waals surface area contributed by atoms with Gasteiger partial charge in [-0.05, 0) is 31.0 Å². The fourth-order valence-corrected chi connectivity index (χ4v) is 1.58. The van der Waals surface area contributed by atoms with Crippen molar-refractivity contribution in [1.29, 1.82) is 0 Å². The van der Waals surface area contributed by atoms with Gasteiger partial charge in [-0.15, -0.1) is 0 Å². The highest BCUT2D eigenvalue weighted by Gasteiger charge is 2.11. The summed E-state index contributed by atoms with van der Waals surface area (Å²) < 4.78 is 31.9. The molecule has 0 saturated heterocycles. The Morgan fingerprint density at radius 3 is 2.44 bits per heavy atom. The van der Waals surface area contributed by atoms with Crippen LogP contribution < -0.4 is 10.5 Å². The number of aryl methyl sites for hydroxylation is 2. The Balaban J connectivity index is 2.43. The van der Waals surface area contributed by atoms with E-state index >= 15 is 0 Å². The molecule has 2 aromatic carbocycles. The molecule has 0 unspecified atom stereocenters. The van der Waals surface area contributed by atoms with E-state index < -0.39 is 11.6 Å². The molecule has 0 heterocycles. The van der Waals surface area contributed by atoms with Gasteiger partial charge in [0, 0.05) is 12.1 Å². The van der Waals surface area contributed by atoms with Crippen molar-refractivity contribution >= 4 is 5.69 Å². The molecule has 4 heteroatoms. The van der Waals surface area contributed by atoms with Crippen molar-refractivity contribution in [3.63, 3.8) is 0 Å². The van der Waals surface area contributed by atoms with Crippen LogP contribution in [0, 0.1) is 25.5 Å². The largest absolute Gasteiger partial charge is 0.455 e. The van der Waals surface area contributed by atoms with Crippen molar-refractivity contribution < 1.29 is 13.5 Å². The molecule has 94 valence electrons. The minimum atomic E-state index is -0.824. The number of benzene rings is 2. The van der Waals surface area contributed by atoms with Gasteiger partial charge < -0.3 is 10.5 Å². The monoisotopic (exact) mass is 249 g/mol. The number of hydrogen-bond donors (Lipinski definition) is 1. The Kier molecular flexibility index (Phi) is 3.19. The maximum atomic E-state index is 13.3. The summed E-state index contributed by atoms with van der Waals surface area (Å²) in [6.45, 7) is 3.75. The molecule has 2 aromatic rings. The fraction of sp³-hybridized carbons (Fsp3) is 0.143. The van der Waals surface area contributed by atoms with Crippen LogP contribution in [-0.4, -0.2) is 0 Å². The molecule has 0 atom stereocenters. The normalized spacial score (nSPS) is 10.4. The lowest BCUT2D eigenvalue weighted by atomic mass is 10.1. The summed E-state index contributed by atoms with van der Waals surface area (Å²) in [5.74, 6) is -1.02. The van der Waals surface area contributed by atoms with Crippen LogP contribution >= 0.6 is 0 Å². The number of anilines is 1. The Bertz CT molecular complexity index is 597. The van der Waals surface area contributed by atoms with Crippen LogP contribution in [0.25, 0.3) is 0 Å². The maximum absolute atomic E-state index is 13.3. The zero-order valence-corrected chi connectivity index (χ0v) is 10.1. The van der Waals surface area contributed by atoms with Crippen LogP contribution in [0.4, 0.5) is 14.5 Å². The predicted octanol–water partition coefficient (Wildman–Crippen LogP) is 3.96.